The Kier molecular flexibility index (Phi) is 4.28. The summed E-state index contributed by atoms with van der Waals surface area (Å²) in [5.74, 6) is 0.351. The second-order valence-corrected chi connectivity index (χ2v) is 3.66. The second-order valence-electron chi connectivity index (χ2n) is 3.66. The van der Waals surface area contributed by atoms with Gasteiger partial charge in [-0.15, -0.1) is 0 Å². The van der Waals surface area contributed by atoms with Crippen molar-refractivity contribution >= 4 is 5.97 Å². The molecule has 16 heavy (non-hydrogen) atoms. The molecule has 0 unspecified atom stereocenters. The molecule has 0 radical (unpaired) electrons. The standard InChI is InChI=1S/C13H13NO2/c1-10(2)3-8-13(15)16-12-6-4-11(9-14)5-7-12/h3-8,10H,1-2H3/b8-3+. The van der Waals surface area contributed by atoms with Gasteiger partial charge in [-0.3, -0.25) is 0 Å². The molecule has 0 spiro atoms. The lowest BCUT2D eigenvalue weighted by atomic mass is 10.2. The van der Waals surface area contributed by atoms with Crippen molar-refractivity contribution in [3.63, 3.8) is 0 Å². The van der Waals surface area contributed by atoms with E-state index in [0.717, 1.165) is 0 Å². The third-order valence-corrected chi connectivity index (χ3v) is 1.82. The first-order valence-corrected chi connectivity index (χ1v) is 5.02. The molecule has 1 aromatic carbocycles. The minimum atomic E-state index is -0.404. The number of nitriles is 1. The number of hydrogen-bond donors (Lipinski definition) is 0. The highest BCUT2D eigenvalue weighted by Gasteiger charge is 2.00. The van der Waals surface area contributed by atoms with Crippen molar-refractivity contribution < 1.29 is 9.53 Å². The molecule has 3 nitrogen and oxygen atoms in total. The Morgan fingerprint density at radius 1 is 1.38 bits per heavy atom. The van der Waals surface area contributed by atoms with Crippen LogP contribution in [0.15, 0.2) is 36.4 Å². The van der Waals surface area contributed by atoms with Crippen molar-refractivity contribution in [2.75, 3.05) is 0 Å². The van der Waals surface area contributed by atoms with E-state index < -0.39 is 5.97 Å². The van der Waals surface area contributed by atoms with Crippen molar-refractivity contribution in [3.8, 4) is 11.8 Å². The van der Waals surface area contributed by atoms with E-state index in [-0.39, 0.29) is 0 Å². The quantitative estimate of drug-likeness (QED) is 0.442. The summed E-state index contributed by atoms with van der Waals surface area (Å²) in [5, 5.41) is 8.59. The summed E-state index contributed by atoms with van der Waals surface area (Å²) in [6.07, 6.45) is 3.18. The maximum atomic E-state index is 11.3. The Morgan fingerprint density at radius 2 is 2.00 bits per heavy atom. The first-order valence-electron chi connectivity index (χ1n) is 5.02. The van der Waals surface area contributed by atoms with Crippen LogP contribution in [-0.4, -0.2) is 5.97 Å². The number of benzene rings is 1. The highest BCUT2D eigenvalue weighted by Crippen LogP contribution is 2.11. The lowest BCUT2D eigenvalue weighted by molar-refractivity contribution is -0.129. The highest BCUT2D eigenvalue weighted by molar-refractivity contribution is 5.84. The number of ether oxygens (including phenoxy) is 1. The van der Waals surface area contributed by atoms with Gasteiger partial charge in [-0.05, 0) is 30.2 Å². The minimum absolute atomic E-state index is 0.313. The summed E-state index contributed by atoms with van der Waals surface area (Å²) in [6, 6.07) is 8.40. The van der Waals surface area contributed by atoms with Gasteiger partial charge in [-0.1, -0.05) is 19.9 Å². The smallest absolute Gasteiger partial charge is 0.335 e. The van der Waals surface area contributed by atoms with Crippen LogP contribution in [0.5, 0.6) is 5.75 Å². The van der Waals surface area contributed by atoms with Crippen LogP contribution in [0.1, 0.15) is 19.4 Å². The first kappa shape index (κ1) is 12.0. The molecule has 0 fully saturated rings. The lowest BCUT2D eigenvalue weighted by Gasteiger charge is -2.00. The van der Waals surface area contributed by atoms with E-state index in [9.17, 15) is 4.79 Å². The predicted octanol–water partition coefficient (Wildman–Crippen LogP) is 2.68. The Bertz CT molecular complexity index is 424. The van der Waals surface area contributed by atoms with Gasteiger partial charge in [0.05, 0.1) is 11.6 Å². The van der Waals surface area contributed by atoms with E-state index >= 15 is 0 Å². The molecule has 0 bridgehead atoms. The molecule has 0 saturated heterocycles. The van der Waals surface area contributed by atoms with E-state index in [1.807, 2.05) is 19.9 Å². The summed E-state index contributed by atoms with van der Waals surface area (Å²) < 4.78 is 5.03. The van der Waals surface area contributed by atoms with E-state index in [1.165, 1.54) is 6.08 Å². The molecule has 0 aliphatic rings. The Hall–Kier alpha value is -2.08. The van der Waals surface area contributed by atoms with Gasteiger partial charge in [0.15, 0.2) is 0 Å². The molecule has 1 rings (SSSR count). The zero-order chi connectivity index (χ0) is 12.0. The van der Waals surface area contributed by atoms with Crippen LogP contribution >= 0.6 is 0 Å². The van der Waals surface area contributed by atoms with Crippen LogP contribution < -0.4 is 4.74 Å². The molecule has 0 aliphatic heterocycles. The largest absolute Gasteiger partial charge is 0.423 e. The van der Waals surface area contributed by atoms with Gasteiger partial charge < -0.3 is 4.74 Å². The molecule has 82 valence electrons. The van der Waals surface area contributed by atoms with Gasteiger partial charge in [0.25, 0.3) is 0 Å². The van der Waals surface area contributed by atoms with Crippen LogP contribution in [0.25, 0.3) is 0 Å². The van der Waals surface area contributed by atoms with Crippen molar-refractivity contribution in [2.24, 2.45) is 5.92 Å². The number of rotatable bonds is 3. The third-order valence-electron chi connectivity index (χ3n) is 1.82. The number of allylic oxidation sites excluding steroid dienone is 1. The molecular weight excluding hydrogens is 202 g/mol. The lowest BCUT2D eigenvalue weighted by Crippen LogP contribution is -2.04. The maximum Gasteiger partial charge on any atom is 0.335 e. The topological polar surface area (TPSA) is 50.1 Å². The van der Waals surface area contributed by atoms with Crippen molar-refractivity contribution in [3.05, 3.63) is 42.0 Å². The van der Waals surface area contributed by atoms with Gasteiger partial charge >= 0.3 is 5.97 Å². The summed E-state index contributed by atoms with van der Waals surface area (Å²) in [4.78, 5) is 11.3. The van der Waals surface area contributed by atoms with E-state index in [2.05, 4.69) is 0 Å². The number of carbonyl (C=O) groups excluding carboxylic acids is 1. The number of hydrogen-bond acceptors (Lipinski definition) is 3. The van der Waals surface area contributed by atoms with Crippen LogP contribution in [0.4, 0.5) is 0 Å². The zero-order valence-corrected chi connectivity index (χ0v) is 9.31. The predicted molar refractivity (Wildman–Crippen MR) is 60.8 cm³/mol. The summed E-state index contributed by atoms with van der Waals surface area (Å²) >= 11 is 0. The van der Waals surface area contributed by atoms with E-state index in [0.29, 0.717) is 17.2 Å². The average Bonchev–Trinajstić information content (AvgIpc) is 2.27. The molecule has 0 amide bonds. The highest BCUT2D eigenvalue weighted by atomic mass is 16.5. The second kappa shape index (κ2) is 5.72. The van der Waals surface area contributed by atoms with E-state index in [1.54, 1.807) is 30.3 Å². The molecule has 0 saturated carbocycles. The molecule has 0 N–H and O–H groups in total. The van der Waals surface area contributed by atoms with Crippen molar-refractivity contribution in [1.29, 1.82) is 5.26 Å². The molecular formula is C13H13NO2. The summed E-state index contributed by atoms with van der Waals surface area (Å²) in [6.45, 7) is 3.96. The Morgan fingerprint density at radius 3 is 2.50 bits per heavy atom. The zero-order valence-electron chi connectivity index (χ0n) is 9.31. The van der Waals surface area contributed by atoms with Crippen molar-refractivity contribution in [2.45, 2.75) is 13.8 Å². The first-order chi connectivity index (χ1) is 7.61. The Balaban J connectivity index is 2.60. The van der Waals surface area contributed by atoms with Gasteiger partial charge in [0, 0.05) is 6.08 Å². The monoisotopic (exact) mass is 215 g/mol. The molecule has 0 atom stereocenters. The number of carbonyl (C=O) groups is 1. The SMILES string of the molecule is CC(C)/C=C/C(=O)Oc1ccc(C#N)cc1. The van der Waals surface area contributed by atoms with Crippen molar-refractivity contribution in [1.82, 2.24) is 0 Å². The van der Waals surface area contributed by atoms with Gasteiger partial charge in [0.2, 0.25) is 0 Å². The normalized spacial score (nSPS) is 10.4. The van der Waals surface area contributed by atoms with Crippen LogP contribution in [0.2, 0.25) is 0 Å². The fraction of sp³-hybridized carbons (Fsp3) is 0.231. The van der Waals surface area contributed by atoms with Crippen LogP contribution in [0, 0.1) is 17.2 Å². The van der Waals surface area contributed by atoms with E-state index in [4.69, 9.17) is 10.00 Å². The van der Waals surface area contributed by atoms with Gasteiger partial charge in [-0.25, -0.2) is 4.79 Å². The molecule has 1 aromatic rings. The molecule has 3 heteroatoms. The molecule has 0 aliphatic carbocycles. The Labute approximate surface area is 95.0 Å². The number of nitrogens with zero attached hydrogens (tertiary/aromatic N) is 1. The van der Waals surface area contributed by atoms with Gasteiger partial charge in [0.1, 0.15) is 5.75 Å². The minimum Gasteiger partial charge on any atom is -0.423 e. The third kappa shape index (κ3) is 3.97. The average molecular weight is 215 g/mol. The fourth-order valence-corrected chi connectivity index (χ4v) is 1.02. The molecule has 0 aromatic heterocycles. The number of esters is 1. The fourth-order valence-electron chi connectivity index (χ4n) is 1.02. The maximum absolute atomic E-state index is 11.3. The molecule has 0 heterocycles. The summed E-state index contributed by atoms with van der Waals surface area (Å²) in [5.41, 5.74) is 0.539. The van der Waals surface area contributed by atoms with Crippen LogP contribution in [0.3, 0.4) is 0 Å². The summed E-state index contributed by atoms with van der Waals surface area (Å²) in [7, 11) is 0. The van der Waals surface area contributed by atoms with Gasteiger partial charge in [-0.2, -0.15) is 5.26 Å². The van der Waals surface area contributed by atoms with Crippen LogP contribution in [-0.2, 0) is 4.79 Å².